The maximum Gasteiger partial charge on any atom is 0.244 e. The highest BCUT2D eigenvalue weighted by atomic mass is 16.6. The van der Waals surface area contributed by atoms with E-state index in [1.54, 1.807) is 13.0 Å². The van der Waals surface area contributed by atoms with Gasteiger partial charge in [0.2, 0.25) is 5.91 Å². The van der Waals surface area contributed by atoms with Crippen molar-refractivity contribution in [2.75, 3.05) is 13.2 Å². The fourth-order valence-electron chi connectivity index (χ4n) is 0.906. The summed E-state index contributed by atoms with van der Waals surface area (Å²) in [6.07, 6.45) is 1.88. The Bertz CT molecular complexity index is 221. The third-order valence-corrected chi connectivity index (χ3v) is 1.82. The molecule has 1 aliphatic heterocycles. The normalized spacial score (nSPS) is 24.2. The fraction of sp³-hybridized carbons (Fsp3) is 0.667. The SMILES string of the molecule is CC(=CC(C)OCC1CO1)C(N)=O. The lowest BCUT2D eigenvalue weighted by Crippen LogP contribution is -2.16. The van der Waals surface area contributed by atoms with Crippen molar-refractivity contribution in [3.63, 3.8) is 0 Å². The third kappa shape index (κ3) is 4.05. The molecule has 0 bridgehead atoms. The van der Waals surface area contributed by atoms with Crippen molar-refractivity contribution in [1.82, 2.24) is 0 Å². The van der Waals surface area contributed by atoms with Gasteiger partial charge in [-0.3, -0.25) is 4.79 Å². The highest BCUT2D eigenvalue weighted by Crippen LogP contribution is 2.10. The van der Waals surface area contributed by atoms with E-state index in [0.717, 1.165) is 6.61 Å². The van der Waals surface area contributed by atoms with Gasteiger partial charge in [-0.1, -0.05) is 0 Å². The van der Waals surface area contributed by atoms with Crippen molar-refractivity contribution in [1.29, 1.82) is 0 Å². The van der Waals surface area contributed by atoms with Crippen molar-refractivity contribution < 1.29 is 14.3 Å². The molecule has 2 unspecified atom stereocenters. The lowest BCUT2D eigenvalue weighted by atomic mass is 10.2. The van der Waals surface area contributed by atoms with Crippen molar-refractivity contribution in [2.45, 2.75) is 26.1 Å². The standard InChI is InChI=1S/C9H15NO3/c1-6(9(10)11)3-7(2)12-4-8-5-13-8/h3,7-8H,4-5H2,1-2H3,(H2,10,11). The molecule has 0 aromatic heterocycles. The summed E-state index contributed by atoms with van der Waals surface area (Å²) in [5.74, 6) is -0.405. The van der Waals surface area contributed by atoms with Crippen LogP contribution in [0.5, 0.6) is 0 Å². The minimum absolute atomic E-state index is 0.0864. The summed E-state index contributed by atoms with van der Waals surface area (Å²) in [5, 5.41) is 0. The molecule has 0 spiro atoms. The number of hydrogen-bond donors (Lipinski definition) is 1. The highest BCUT2D eigenvalue weighted by molar-refractivity contribution is 5.91. The molecule has 1 aliphatic rings. The monoisotopic (exact) mass is 185 g/mol. The Balaban J connectivity index is 2.24. The first-order valence-corrected chi connectivity index (χ1v) is 4.31. The number of primary amides is 1. The molecule has 1 rings (SSSR count). The Morgan fingerprint density at radius 1 is 1.85 bits per heavy atom. The molecule has 1 amide bonds. The van der Waals surface area contributed by atoms with Crippen LogP contribution in [0, 0.1) is 0 Å². The summed E-state index contributed by atoms with van der Waals surface area (Å²) in [6, 6.07) is 0. The molecule has 1 heterocycles. The Morgan fingerprint density at radius 2 is 2.46 bits per heavy atom. The topological polar surface area (TPSA) is 64.8 Å². The Hall–Kier alpha value is -0.870. The average molecular weight is 185 g/mol. The fourth-order valence-corrected chi connectivity index (χ4v) is 0.906. The number of ether oxygens (including phenoxy) is 2. The van der Waals surface area contributed by atoms with E-state index in [1.165, 1.54) is 0 Å². The highest BCUT2D eigenvalue weighted by Gasteiger charge is 2.23. The van der Waals surface area contributed by atoms with Crippen LogP contribution in [0.1, 0.15) is 13.8 Å². The van der Waals surface area contributed by atoms with E-state index in [-0.39, 0.29) is 12.2 Å². The molecule has 4 heteroatoms. The van der Waals surface area contributed by atoms with Crippen LogP contribution in [-0.2, 0) is 14.3 Å². The van der Waals surface area contributed by atoms with Crippen molar-refractivity contribution in [2.24, 2.45) is 5.73 Å². The van der Waals surface area contributed by atoms with Gasteiger partial charge in [0.1, 0.15) is 6.10 Å². The number of amides is 1. The summed E-state index contributed by atoms with van der Waals surface area (Å²) < 4.78 is 10.4. The van der Waals surface area contributed by atoms with Crippen molar-refractivity contribution >= 4 is 5.91 Å². The van der Waals surface area contributed by atoms with E-state index in [1.807, 2.05) is 6.92 Å². The van der Waals surface area contributed by atoms with Gasteiger partial charge >= 0.3 is 0 Å². The number of rotatable bonds is 5. The zero-order valence-corrected chi connectivity index (χ0v) is 7.95. The van der Waals surface area contributed by atoms with Crippen LogP contribution < -0.4 is 5.73 Å². The predicted molar refractivity (Wildman–Crippen MR) is 48.1 cm³/mol. The first-order valence-electron chi connectivity index (χ1n) is 4.31. The molecule has 2 N–H and O–H groups in total. The predicted octanol–water partition coefficient (Wildman–Crippen LogP) is 0.222. The lowest BCUT2D eigenvalue weighted by molar-refractivity contribution is -0.114. The second kappa shape index (κ2) is 4.39. The van der Waals surface area contributed by atoms with Crippen LogP contribution in [-0.4, -0.2) is 31.3 Å². The molecule has 1 fully saturated rings. The zero-order chi connectivity index (χ0) is 9.84. The Labute approximate surface area is 77.7 Å². The third-order valence-electron chi connectivity index (χ3n) is 1.82. The van der Waals surface area contributed by atoms with Crippen LogP contribution in [0.15, 0.2) is 11.6 Å². The van der Waals surface area contributed by atoms with E-state index < -0.39 is 5.91 Å². The van der Waals surface area contributed by atoms with Gasteiger partial charge in [0, 0.05) is 5.57 Å². The second-order valence-electron chi connectivity index (χ2n) is 3.21. The summed E-state index contributed by atoms with van der Waals surface area (Å²) in [4.78, 5) is 10.7. The molecular weight excluding hydrogens is 170 g/mol. The number of hydrogen-bond acceptors (Lipinski definition) is 3. The largest absolute Gasteiger partial charge is 0.372 e. The number of nitrogens with two attached hydrogens (primary N) is 1. The van der Waals surface area contributed by atoms with Gasteiger partial charge in [-0.15, -0.1) is 0 Å². The van der Waals surface area contributed by atoms with Crippen LogP contribution in [0.2, 0.25) is 0 Å². The van der Waals surface area contributed by atoms with Gasteiger partial charge in [-0.2, -0.15) is 0 Å². The molecule has 1 saturated heterocycles. The molecule has 0 aliphatic carbocycles. The van der Waals surface area contributed by atoms with E-state index in [0.29, 0.717) is 12.2 Å². The summed E-state index contributed by atoms with van der Waals surface area (Å²) in [5.41, 5.74) is 5.60. The van der Waals surface area contributed by atoms with Gasteiger partial charge in [-0.25, -0.2) is 0 Å². The number of carbonyl (C=O) groups is 1. The van der Waals surface area contributed by atoms with E-state index >= 15 is 0 Å². The van der Waals surface area contributed by atoms with E-state index in [4.69, 9.17) is 15.2 Å². The maximum absolute atomic E-state index is 10.7. The van der Waals surface area contributed by atoms with Crippen LogP contribution in [0.4, 0.5) is 0 Å². The van der Waals surface area contributed by atoms with Crippen LogP contribution >= 0.6 is 0 Å². The minimum Gasteiger partial charge on any atom is -0.372 e. The van der Waals surface area contributed by atoms with Gasteiger partial charge in [0.15, 0.2) is 0 Å². The van der Waals surface area contributed by atoms with Gasteiger partial charge in [-0.05, 0) is 19.9 Å². The van der Waals surface area contributed by atoms with Gasteiger partial charge in [0.05, 0.1) is 19.3 Å². The minimum atomic E-state index is -0.405. The zero-order valence-electron chi connectivity index (χ0n) is 7.95. The Kier molecular flexibility index (Phi) is 3.45. The van der Waals surface area contributed by atoms with E-state index in [2.05, 4.69) is 0 Å². The van der Waals surface area contributed by atoms with Crippen LogP contribution in [0.3, 0.4) is 0 Å². The summed E-state index contributed by atoms with van der Waals surface area (Å²) >= 11 is 0. The molecule has 2 atom stereocenters. The molecule has 4 nitrogen and oxygen atoms in total. The summed E-state index contributed by atoms with van der Waals surface area (Å²) in [7, 11) is 0. The summed E-state index contributed by atoms with van der Waals surface area (Å²) in [6.45, 7) is 4.92. The smallest absolute Gasteiger partial charge is 0.244 e. The maximum atomic E-state index is 10.7. The number of epoxide rings is 1. The second-order valence-corrected chi connectivity index (χ2v) is 3.21. The molecule has 0 saturated carbocycles. The van der Waals surface area contributed by atoms with Crippen LogP contribution in [0.25, 0.3) is 0 Å². The Morgan fingerprint density at radius 3 is 2.92 bits per heavy atom. The molecule has 0 aromatic rings. The van der Waals surface area contributed by atoms with Gasteiger partial charge in [0.25, 0.3) is 0 Å². The van der Waals surface area contributed by atoms with Crippen molar-refractivity contribution in [3.05, 3.63) is 11.6 Å². The lowest BCUT2D eigenvalue weighted by Gasteiger charge is -2.07. The van der Waals surface area contributed by atoms with E-state index in [9.17, 15) is 4.79 Å². The molecule has 0 radical (unpaired) electrons. The first kappa shape index (κ1) is 10.2. The van der Waals surface area contributed by atoms with Crippen molar-refractivity contribution in [3.8, 4) is 0 Å². The molecular formula is C9H15NO3. The average Bonchev–Trinajstić information content (AvgIpc) is 2.83. The quantitative estimate of drug-likeness (QED) is 0.492. The first-order chi connectivity index (χ1) is 6.09. The number of carbonyl (C=O) groups excluding carboxylic acids is 1. The molecule has 13 heavy (non-hydrogen) atoms. The van der Waals surface area contributed by atoms with Gasteiger partial charge < -0.3 is 15.2 Å². The molecule has 0 aromatic carbocycles. The molecule has 74 valence electrons.